The number of hydrogen-bond acceptors (Lipinski definition) is 12. The zero-order chi connectivity index (χ0) is 50.3. The van der Waals surface area contributed by atoms with Crippen molar-refractivity contribution in [2.24, 2.45) is 0 Å². The van der Waals surface area contributed by atoms with Gasteiger partial charge in [-0.25, -0.2) is 31.5 Å². The SMILES string of the molecule is [K+].[K+].[K+].[K+].[K+].[K+].[S-]C#Cc1ccc(OCc2c(COc3ccc(C#C[S-])cc3)c(COc3ccc(C#C[S-])cc3)c(COc3ccc(C#C[S-])cc3)c(COc3ccc(C#C[S-])cc3)c2COc2ccc(C#C[S-])cc2)cc1. The molecular weight excluding hydrogens is 1240 g/mol. The van der Waals surface area contributed by atoms with E-state index in [1.807, 2.05) is 146 Å². The molecule has 0 bridgehead atoms. The van der Waals surface area contributed by atoms with E-state index in [0.29, 0.717) is 34.5 Å². The van der Waals surface area contributed by atoms with Gasteiger partial charge in [-0.3, -0.25) is 0 Å². The Labute approximate surface area is 747 Å². The molecule has 7 aromatic rings. The molecule has 0 fully saturated rings. The number of hydrogen-bond donors (Lipinski definition) is 0. The van der Waals surface area contributed by atoms with E-state index >= 15 is 0 Å². The van der Waals surface area contributed by atoms with Gasteiger partial charge in [0.1, 0.15) is 74.1 Å². The first kappa shape index (κ1) is 77.9. The minimum absolute atomic E-state index is 0. The summed E-state index contributed by atoms with van der Waals surface area (Å²) in [7, 11) is 0. The Morgan fingerprint density at radius 2 is 0.321 bits per heavy atom. The molecule has 0 saturated heterocycles. The maximum atomic E-state index is 6.69. The van der Waals surface area contributed by atoms with E-state index in [2.05, 4.69) is 67.0 Å². The van der Waals surface area contributed by atoms with Crippen LogP contribution in [0.5, 0.6) is 34.5 Å². The summed E-state index contributed by atoms with van der Waals surface area (Å²) in [5.74, 6) is 21.1. The number of rotatable bonds is 18. The Bertz CT molecular complexity index is 2780. The third-order valence-corrected chi connectivity index (χ3v) is 11.4. The molecule has 7 rings (SSSR count). The summed E-state index contributed by atoms with van der Waals surface area (Å²) >= 11 is 29.5. The fourth-order valence-corrected chi connectivity index (χ4v) is 7.94. The fourth-order valence-electron chi connectivity index (χ4n) is 7.23. The summed E-state index contributed by atoms with van der Waals surface area (Å²) in [6.45, 7) is 0.414. The van der Waals surface area contributed by atoms with Crippen molar-refractivity contribution in [1.82, 2.24) is 0 Å². The molecular formula is C60H36K6O6S6. The molecule has 354 valence electrons. The largest absolute Gasteiger partial charge is 1.00 e. The molecule has 0 aliphatic rings. The zero-order valence-electron chi connectivity index (χ0n) is 44.0. The van der Waals surface area contributed by atoms with Crippen LogP contribution in [0.2, 0.25) is 0 Å². The van der Waals surface area contributed by atoms with Crippen molar-refractivity contribution in [3.8, 4) is 102 Å². The first-order valence-corrected chi connectivity index (χ1v) is 24.2. The van der Waals surface area contributed by atoms with E-state index in [0.717, 1.165) is 66.8 Å². The van der Waals surface area contributed by atoms with Crippen LogP contribution < -0.4 is 337 Å². The van der Waals surface area contributed by atoms with Crippen molar-refractivity contribution < 1.29 is 337 Å². The molecule has 0 unspecified atom stereocenters. The van der Waals surface area contributed by atoms with Crippen LogP contribution in [0.1, 0.15) is 66.8 Å². The van der Waals surface area contributed by atoms with Gasteiger partial charge in [0.25, 0.3) is 0 Å². The standard InChI is InChI=1S/C60H42O6S6.6K/c67-31-25-43-1-13-49(14-2-43)61-37-55-56(38-62-50-15-3-44(4-16-50)26-32-68)58(40-64-52-19-7-46(8-20-52)28-34-70)60(42-66-54-23-11-48(12-24-54)30-36-72)59(41-65-53-21-9-47(10-22-53)29-35-71)57(55)39-63-51-17-5-45(6-18-51)27-33-69;;;;;;/h1-24,67-72H,37-42H2;;;;;;/q;6*+1/p-6. The summed E-state index contributed by atoms with van der Waals surface area (Å²) in [6.07, 6.45) is 0. The van der Waals surface area contributed by atoms with Crippen LogP contribution in [-0.4, -0.2) is 0 Å². The topological polar surface area (TPSA) is 55.4 Å². The Kier molecular flexibility index (Phi) is 44.2. The second-order valence-corrected chi connectivity index (χ2v) is 16.3. The van der Waals surface area contributed by atoms with E-state index in [1.54, 1.807) is 0 Å². The van der Waals surface area contributed by atoms with Gasteiger partial charge in [0, 0.05) is 66.8 Å². The van der Waals surface area contributed by atoms with Gasteiger partial charge >= 0.3 is 308 Å². The summed E-state index contributed by atoms with van der Waals surface area (Å²) in [5.41, 5.74) is 9.17. The van der Waals surface area contributed by atoms with Crippen LogP contribution in [-0.2, 0) is 115 Å². The van der Waals surface area contributed by atoms with E-state index in [9.17, 15) is 0 Å². The maximum Gasteiger partial charge on any atom is 1.00 e. The van der Waals surface area contributed by atoms with Gasteiger partial charge in [-0.1, -0.05) is 35.5 Å². The number of ether oxygens (including phenoxy) is 6. The summed E-state index contributed by atoms with van der Waals surface area (Å²) in [4.78, 5) is 0. The molecule has 0 aliphatic heterocycles. The molecule has 18 heteroatoms. The van der Waals surface area contributed by atoms with Crippen molar-refractivity contribution in [3.63, 3.8) is 0 Å². The van der Waals surface area contributed by atoms with Crippen LogP contribution in [0.4, 0.5) is 0 Å². The van der Waals surface area contributed by atoms with Crippen molar-refractivity contribution in [3.05, 3.63) is 212 Å². The van der Waals surface area contributed by atoms with Crippen molar-refractivity contribution in [2.45, 2.75) is 39.6 Å². The van der Waals surface area contributed by atoms with Crippen LogP contribution in [0.25, 0.3) is 0 Å². The van der Waals surface area contributed by atoms with Crippen molar-refractivity contribution in [2.75, 3.05) is 0 Å². The van der Waals surface area contributed by atoms with E-state index in [4.69, 9.17) is 104 Å². The van der Waals surface area contributed by atoms with Gasteiger partial charge < -0.3 is 104 Å². The molecule has 0 radical (unpaired) electrons. The van der Waals surface area contributed by atoms with Gasteiger partial charge in [-0.05, 0) is 146 Å². The summed E-state index contributed by atoms with van der Waals surface area (Å²) < 4.78 is 40.2. The summed E-state index contributed by atoms with van der Waals surface area (Å²) in [6, 6.07) is 44.5. The van der Waals surface area contributed by atoms with Gasteiger partial charge in [-0.2, -0.15) is 0 Å². The van der Waals surface area contributed by atoms with Gasteiger partial charge in [0.2, 0.25) is 0 Å². The smallest absolute Gasteiger partial charge is 0.724 e. The normalized spacial score (nSPS) is 8.92. The molecule has 0 saturated carbocycles. The van der Waals surface area contributed by atoms with Gasteiger partial charge in [0.05, 0.1) is 0 Å². The molecule has 0 N–H and O–H groups in total. The Morgan fingerprint density at radius 3 is 0.423 bits per heavy atom. The predicted octanol–water partition coefficient (Wildman–Crippen LogP) is -7.68. The third-order valence-electron chi connectivity index (χ3n) is 10.8. The summed E-state index contributed by atoms with van der Waals surface area (Å²) in [5, 5.41) is 15.2. The molecule has 7 aromatic carbocycles. The Hall–Kier alpha value is 1.84. The van der Waals surface area contributed by atoms with E-state index in [-0.39, 0.29) is 348 Å². The molecule has 0 atom stereocenters. The van der Waals surface area contributed by atoms with Gasteiger partial charge in [-0.15, -0.1) is 0 Å². The molecule has 6 nitrogen and oxygen atoms in total. The van der Waals surface area contributed by atoms with E-state index in [1.165, 1.54) is 0 Å². The molecule has 0 heterocycles. The van der Waals surface area contributed by atoms with Crippen LogP contribution in [0, 0.1) is 67.0 Å². The minimum atomic E-state index is 0. The molecule has 0 spiro atoms. The molecule has 0 amide bonds. The first-order valence-electron chi connectivity index (χ1n) is 21.7. The number of benzene rings is 7. The first-order chi connectivity index (χ1) is 35.4. The van der Waals surface area contributed by atoms with Crippen LogP contribution in [0.15, 0.2) is 146 Å². The minimum Gasteiger partial charge on any atom is -0.724 e. The quantitative estimate of drug-likeness (QED) is 0.0467. The van der Waals surface area contributed by atoms with Gasteiger partial charge in [0.15, 0.2) is 0 Å². The molecule has 0 aliphatic carbocycles. The van der Waals surface area contributed by atoms with Crippen LogP contribution >= 0.6 is 0 Å². The monoisotopic (exact) mass is 1280 g/mol. The second kappa shape index (κ2) is 44.3. The van der Waals surface area contributed by atoms with Crippen LogP contribution in [0.3, 0.4) is 0 Å². The third kappa shape index (κ3) is 25.7. The average molecular weight is 1280 g/mol. The predicted molar refractivity (Wildman–Crippen MR) is 297 cm³/mol. The van der Waals surface area contributed by atoms with Crippen molar-refractivity contribution >= 4 is 75.8 Å². The molecule has 0 aromatic heterocycles. The van der Waals surface area contributed by atoms with Crippen molar-refractivity contribution in [1.29, 1.82) is 0 Å². The fraction of sp³-hybridized carbons (Fsp3) is 0.100. The maximum absolute atomic E-state index is 6.69. The molecule has 78 heavy (non-hydrogen) atoms. The second-order valence-electron chi connectivity index (χ2n) is 15.1. The average Bonchev–Trinajstić information content (AvgIpc) is 3.40. The Morgan fingerprint density at radius 1 is 0.205 bits per heavy atom. The Balaban J connectivity index is 0.00000507. The van der Waals surface area contributed by atoms with E-state index < -0.39 is 0 Å². The zero-order valence-corrected chi connectivity index (χ0v) is 67.6.